The first-order valence-corrected chi connectivity index (χ1v) is 58.9. The maximum absolute atomic E-state index is 13.5. The molecule has 766 valence electrons. The minimum Gasteiger partial charge on any atom is -0.379 e. The fraction of sp³-hybridized carbons (Fsp3) is 0.215. The molecule has 9 aromatic heterocycles. The summed E-state index contributed by atoms with van der Waals surface area (Å²) < 4.78 is 114. The number of morpholine rings is 1. The van der Waals surface area contributed by atoms with Crippen LogP contribution in [0.2, 0.25) is 17.3 Å². The Morgan fingerprint density at radius 2 is 0.732 bits per heavy atom. The highest BCUT2D eigenvalue weighted by molar-refractivity contribution is 7.95. The number of pyridine rings is 4. The molecule has 0 atom stereocenters. The number of ether oxygens (including phenoxy) is 1. The molecule has 29 nitrogen and oxygen atoms in total. The lowest BCUT2D eigenvalue weighted by molar-refractivity contribution is -0.116. The summed E-state index contributed by atoms with van der Waals surface area (Å²) in [5.41, 5.74) is 11.3. The molecule has 3 aliphatic rings. The molecule has 0 spiro atoms. The third kappa shape index (κ3) is 26.4. The second kappa shape index (κ2) is 46.9. The number of Topliss-reactive ketones (excluding diaryl/α,β-unsaturated/α-hetero) is 4. The lowest BCUT2D eigenvalue weighted by Gasteiger charge is -2.26. The molecule has 0 aliphatic carbocycles. The summed E-state index contributed by atoms with van der Waals surface area (Å²) in [6.45, 7) is 11.4. The summed E-state index contributed by atoms with van der Waals surface area (Å²) in [4.78, 5) is 143. The molecule has 2 fully saturated rings. The largest absolute Gasteiger partial charge is 0.379 e. The van der Waals surface area contributed by atoms with Crippen molar-refractivity contribution in [1.29, 1.82) is 0 Å². The Bertz CT molecular complexity index is 8900. The molecule has 42 heteroatoms. The van der Waals surface area contributed by atoms with Crippen LogP contribution in [-0.4, -0.2) is 196 Å². The normalized spacial score (nSPS) is 13.4. The molecule has 0 unspecified atom stereocenters. The highest BCUT2D eigenvalue weighted by Crippen LogP contribution is 2.35. The number of aromatic nitrogens is 5. The van der Waals surface area contributed by atoms with Crippen molar-refractivity contribution in [3.05, 3.63) is 358 Å². The number of thiophene rings is 4. The molecule has 20 rings (SSSR count). The van der Waals surface area contributed by atoms with Gasteiger partial charge < -0.3 is 20.3 Å². The van der Waals surface area contributed by atoms with Crippen LogP contribution < -0.4 is 32.9 Å². The number of rotatable bonds is 32. The summed E-state index contributed by atoms with van der Waals surface area (Å²) in [6.07, 6.45) is 11.3. The zero-order valence-electron chi connectivity index (χ0n) is 79.6. The number of nitrogens with zero attached hydrogens (tertiary/aromatic N) is 8. The van der Waals surface area contributed by atoms with Crippen molar-refractivity contribution >= 4 is 243 Å². The third-order valence-corrected chi connectivity index (χ3v) is 39.6. The van der Waals surface area contributed by atoms with E-state index in [4.69, 9.17) is 51.1 Å². The molecule has 0 radical (unpaired) electrons. The third-order valence-electron chi connectivity index (χ3n) is 24.9. The van der Waals surface area contributed by atoms with Crippen molar-refractivity contribution in [2.24, 2.45) is 4.99 Å². The first-order valence-electron chi connectivity index (χ1n) is 46.7. The number of nitrogens with one attached hydrogen (secondary N) is 2. The van der Waals surface area contributed by atoms with Gasteiger partial charge in [0.25, 0.3) is 34.1 Å². The van der Waals surface area contributed by atoms with E-state index in [1.165, 1.54) is 81.8 Å². The average Bonchev–Trinajstić information content (AvgIpc) is 1.69. The smallest absolute Gasteiger partial charge is 0.263 e. The lowest BCUT2D eigenvalue weighted by atomic mass is 10.0. The number of thiazole rings is 1. The number of carbonyl (C=O) groups is 6. The molecule has 0 saturated carbocycles. The number of fused-ring (bicyclic) bond motifs is 6. The number of sulfone groups is 4. The maximum atomic E-state index is 13.5. The highest BCUT2D eigenvalue weighted by atomic mass is 35.5. The van der Waals surface area contributed by atoms with Gasteiger partial charge in [0.2, 0.25) is 0 Å². The van der Waals surface area contributed by atoms with Gasteiger partial charge in [-0.05, 0) is 224 Å². The standard InChI is InChI=1S/C30H30ClN3O6S2.C30H30ClN3O5S2.C24H17ClN2O4S2.C23H15ClN2O4S3/c1-20-2-7-24-25(16-20)26(29(36)32-10-11-33-12-14-40-15-13-33)18-34(30(24)37)22-5-3-21(4-6-22)17-23(35)19-42(38,39)28-9-8-27(31)41-28;1-20-4-9-24-25(16-20)26(29(36)32-12-15-33-13-2-3-14-33)18-34(30(24)37)22-7-5-21(6-8-22)17-23(35)19-41(38,39)28-11-10-27(31)40-28;25-22-5-6-23(32-22)33(30,31)14-19(28)11-15-1-3-18(4-2-15)27-10-8-16-13-21-17(7-9-26-21)12-20(16)24(27)29;24-21-5-6-22(32-21)33(29,30)12-17(27)9-14-1-3-16(4-2-14)26-8-7-15-10-19-20(31-13-25-19)11-18(15)23(26)28/h2-9,16,18H,10-15,17,19H2,1H3,(H,32,36);4-11,16,18H,2-3,12-15,17,19H2,1H3,(H,32,36);1-6,8-10,12-13H,7,11,14H2;1-8,10-11,13H,9,12H2. The maximum Gasteiger partial charge on any atom is 0.263 e. The summed E-state index contributed by atoms with van der Waals surface area (Å²) in [5, 5.41) is 10.9. The minimum absolute atomic E-state index is 0.0165. The lowest BCUT2D eigenvalue weighted by Crippen LogP contribution is -2.41. The second-order valence-electron chi connectivity index (χ2n) is 35.7. The van der Waals surface area contributed by atoms with E-state index in [0.29, 0.717) is 139 Å². The second-order valence-corrected chi connectivity index (χ2v) is 52.3. The van der Waals surface area contributed by atoms with Crippen LogP contribution in [-0.2, 0) is 95.4 Å². The van der Waals surface area contributed by atoms with E-state index in [1.807, 2.05) is 80.7 Å². The number of likely N-dealkylation sites (tertiary alicyclic amines) is 1. The fourth-order valence-electron chi connectivity index (χ4n) is 17.4. The highest BCUT2D eigenvalue weighted by Gasteiger charge is 2.29. The van der Waals surface area contributed by atoms with Crippen LogP contribution in [0.5, 0.6) is 0 Å². The first kappa shape index (κ1) is 108. The van der Waals surface area contributed by atoms with Gasteiger partial charge >= 0.3 is 0 Å². The summed E-state index contributed by atoms with van der Waals surface area (Å²) >= 11 is 28.5. The molecule has 3 aliphatic heterocycles. The fourth-order valence-corrected chi connectivity index (χ4v) is 29.3. The molecule has 17 aromatic rings. The Hall–Kier alpha value is -12.6. The van der Waals surface area contributed by atoms with E-state index in [2.05, 4.69) is 30.4 Å². The van der Waals surface area contributed by atoms with Gasteiger partial charge in [0.1, 0.15) is 39.8 Å². The number of amides is 2. The quantitative estimate of drug-likeness (QED) is 0.0395. The van der Waals surface area contributed by atoms with Crippen LogP contribution in [0.3, 0.4) is 0 Å². The number of carbonyl (C=O) groups excluding carboxylic acids is 6. The van der Waals surface area contributed by atoms with E-state index in [0.717, 1.165) is 128 Å². The van der Waals surface area contributed by atoms with Crippen molar-refractivity contribution in [3.63, 3.8) is 0 Å². The molecule has 12 heterocycles. The van der Waals surface area contributed by atoms with Crippen molar-refractivity contribution in [1.82, 2.24) is 43.7 Å². The van der Waals surface area contributed by atoms with E-state index < -0.39 is 85.5 Å². The van der Waals surface area contributed by atoms with Crippen LogP contribution in [0.25, 0.3) is 76.1 Å². The van der Waals surface area contributed by atoms with Gasteiger partial charge in [-0.3, -0.25) is 76.1 Å². The van der Waals surface area contributed by atoms with Crippen LogP contribution >= 0.6 is 103 Å². The zero-order chi connectivity index (χ0) is 105. The number of halogens is 4. The first-order chi connectivity index (χ1) is 71.3. The van der Waals surface area contributed by atoms with Gasteiger partial charge in [0.15, 0.2) is 62.5 Å². The molecule has 2 amide bonds. The SMILES string of the molecule is Cc1ccc2c(=O)n(-c3ccc(CC(=O)CS(=O)(=O)c4ccc(Cl)s4)cc3)cc(C(=O)NCCN3CCCC3)c2c1.Cc1ccc2c(=O)n(-c3ccc(CC(=O)CS(=O)(=O)c4ccc(Cl)s4)cc3)cc(C(=O)NCCN3CCOCC3)c2c1.O=C(Cc1ccc(-n2ccc3cc4c(cc3c2=O)CC=N4)cc1)CS(=O)(=O)c1ccc(Cl)s1.O=C(Cc1ccc(-n2ccc3cc4ncsc4cc3c2=O)cc1)CS(=O)(=O)c1ccc(Cl)s1. The number of aliphatic imine (C=N–C) groups is 1. The van der Waals surface area contributed by atoms with Crippen molar-refractivity contribution in [2.45, 2.75) is 75.6 Å². The molecule has 2 saturated heterocycles. The van der Waals surface area contributed by atoms with Gasteiger partial charge in [-0.2, -0.15) is 0 Å². The van der Waals surface area contributed by atoms with Crippen LogP contribution in [0.15, 0.2) is 290 Å². The molecule has 0 bridgehead atoms. The monoisotopic (exact) mass is 2250 g/mol. The van der Waals surface area contributed by atoms with E-state index in [-0.39, 0.29) is 76.6 Å². The number of benzene rings is 8. The van der Waals surface area contributed by atoms with E-state index >= 15 is 0 Å². The number of hydrogen-bond acceptors (Lipinski definition) is 28. The van der Waals surface area contributed by atoms with Crippen LogP contribution in [0.4, 0.5) is 5.69 Å². The Kier molecular flexibility index (Phi) is 33.9. The van der Waals surface area contributed by atoms with Crippen LogP contribution in [0.1, 0.15) is 72.5 Å². The Morgan fingerprint density at radius 1 is 0.383 bits per heavy atom. The number of aryl methyl sites for hydroxylation is 2. The van der Waals surface area contributed by atoms with Gasteiger partial charge in [-0.25, -0.2) is 38.7 Å². The predicted octanol–water partition coefficient (Wildman–Crippen LogP) is 17.5. The van der Waals surface area contributed by atoms with Gasteiger partial charge in [-0.15, -0.1) is 56.7 Å². The van der Waals surface area contributed by atoms with Crippen molar-refractivity contribution < 1.29 is 67.2 Å². The molecular formula is C107H92Cl4N10O19S9. The van der Waals surface area contributed by atoms with E-state index in [9.17, 15) is 81.6 Å². The van der Waals surface area contributed by atoms with Crippen molar-refractivity contribution in [3.8, 4) is 22.7 Å². The zero-order valence-corrected chi connectivity index (χ0v) is 90.0. The van der Waals surface area contributed by atoms with Gasteiger partial charge in [-0.1, -0.05) is 130 Å². The number of ketones is 4. The van der Waals surface area contributed by atoms with Crippen LogP contribution in [0, 0.1) is 13.8 Å². The summed E-state index contributed by atoms with van der Waals surface area (Å²) in [7, 11) is -15.0. The molecule has 149 heavy (non-hydrogen) atoms. The predicted molar refractivity (Wildman–Crippen MR) is 591 cm³/mol. The summed E-state index contributed by atoms with van der Waals surface area (Å²) in [6, 6.07) is 61.1. The Morgan fingerprint density at radius 3 is 1.10 bits per heavy atom. The topological polar surface area (TPSA) is 392 Å². The van der Waals surface area contributed by atoms with Gasteiger partial charge in [0, 0.05) is 157 Å². The Balaban J connectivity index is 0.000000136. The molecule has 2 N–H and O–H groups in total. The van der Waals surface area contributed by atoms with E-state index in [1.54, 1.807) is 149 Å². The van der Waals surface area contributed by atoms with Crippen molar-refractivity contribution in [2.75, 3.05) is 88.6 Å². The Labute approximate surface area is 895 Å². The van der Waals surface area contributed by atoms with Gasteiger partial charge in [0.05, 0.1) is 63.1 Å². The number of hydrogen-bond donors (Lipinski definition) is 2. The summed E-state index contributed by atoms with van der Waals surface area (Å²) in [5.74, 6) is -4.66. The molecular weight excluding hydrogens is 2160 g/mol. The molecule has 8 aromatic carbocycles. The average molecular weight is 2250 g/mol. The minimum atomic E-state index is -3.77.